The van der Waals surface area contributed by atoms with Crippen molar-refractivity contribution in [1.29, 1.82) is 0 Å². The molecule has 4 rings (SSSR count). The first-order chi connectivity index (χ1) is 15.8. The third-order valence-corrected chi connectivity index (χ3v) is 5.69. The number of rotatable bonds is 8. The van der Waals surface area contributed by atoms with Crippen LogP contribution in [0, 0.1) is 0 Å². The third kappa shape index (κ3) is 6.70. The molecule has 3 aromatic rings. The molecule has 1 aliphatic rings. The van der Waals surface area contributed by atoms with Crippen LogP contribution in [-0.2, 0) is 6.54 Å². The van der Waals surface area contributed by atoms with Crippen molar-refractivity contribution >= 4 is 29.9 Å². The lowest BCUT2D eigenvalue weighted by Gasteiger charge is -2.33. The van der Waals surface area contributed by atoms with E-state index in [9.17, 15) is 0 Å². The van der Waals surface area contributed by atoms with Gasteiger partial charge in [-0.1, -0.05) is 6.42 Å². The maximum absolute atomic E-state index is 5.73. The van der Waals surface area contributed by atoms with Crippen molar-refractivity contribution in [2.45, 2.75) is 31.8 Å². The number of nitrogens with one attached hydrogen (secondary N) is 3. The molecule has 2 aromatic heterocycles. The van der Waals surface area contributed by atoms with Gasteiger partial charge in [-0.2, -0.15) is 5.10 Å². The number of methoxy groups -OCH3 is 1. The maximum Gasteiger partial charge on any atom is 0.191 e. The second-order valence-corrected chi connectivity index (χ2v) is 7.77. The van der Waals surface area contributed by atoms with Gasteiger partial charge in [0.15, 0.2) is 11.8 Å². The molecule has 3 N–H and O–H groups in total. The summed E-state index contributed by atoms with van der Waals surface area (Å²) in [5.41, 5.74) is 0.929. The van der Waals surface area contributed by atoms with Gasteiger partial charge in [0.1, 0.15) is 17.3 Å². The van der Waals surface area contributed by atoms with Crippen molar-refractivity contribution in [2.24, 2.45) is 4.99 Å². The summed E-state index contributed by atoms with van der Waals surface area (Å²) in [5, 5.41) is 14.1. The van der Waals surface area contributed by atoms with Crippen molar-refractivity contribution in [3.8, 4) is 17.1 Å². The minimum atomic E-state index is 0. The van der Waals surface area contributed by atoms with Gasteiger partial charge in [0.05, 0.1) is 26.0 Å². The van der Waals surface area contributed by atoms with Crippen molar-refractivity contribution < 1.29 is 9.15 Å². The molecule has 10 heteroatoms. The number of hydrogen-bond acceptors (Lipinski definition) is 6. The highest BCUT2D eigenvalue weighted by Gasteiger charge is 2.24. The minimum absolute atomic E-state index is 0. The molecule has 178 valence electrons. The van der Waals surface area contributed by atoms with Gasteiger partial charge in [-0.15, -0.1) is 24.0 Å². The maximum atomic E-state index is 5.73. The van der Waals surface area contributed by atoms with Crippen LogP contribution in [0.1, 0.15) is 36.9 Å². The Hall–Kier alpha value is -2.60. The Balaban J connectivity index is 0.00000306. The van der Waals surface area contributed by atoms with Gasteiger partial charge in [-0.25, -0.2) is 4.98 Å². The third-order valence-electron chi connectivity index (χ3n) is 5.69. The fourth-order valence-electron chi connectivity index (χ4n) is 3.95. The normalized spacial score (nSPS) is 15.5. The topological polar surface area (TPSA) is 104 Å². The van der Waals surface area contributed by atoms with Crippen LogP contribution in [0.2, 0.25) is 0 Å². The van der Waals surface area contributed by atoms with E-state index < -0.39 is 0 Å². The molecular weight excluding hydrogens is 533 g/mol. The highest BCUT2D eigenvalue weighted by Crippen LogP contribution is 2.24. The number of benzene rings is 1. The van der Waals surface area contributed by atoms with Crippen LogP contribution in [0.5, 0.6) is 5.75 Å². The number of ether oxygens (including phenoxy) is 1. The summed E-state index contributed by atoms with van der Waals surface area (Å²) in [6.07, 6.45) is 5.50. The van der Waals surface area contributed by atoms with Gasteiger partial charge in [0, 0.05) is 19.2 Å². The first kappa shape index (κ1) is 25.0. The number of piperidine rings is 1. The SMILES string of the molecule is CN=C(NCc1nc(-c2ccc(OC)cc2)n[nH]1)NCC(c1ccco1)N1CCCCC1.I. The second-order valence-electron chi connectivity index (χ2n) is 7.77. The molecule has 33 heavy (non-hydrogen) atoms. The molecule has 0 saturated carbocycles. The zero-order chi connectivity index (χ0) is 22.2. The van der Waals surface area contributed by atoms with E-state index in [4.69, 9.17) is 9.15 Å². The number of nitrogens with zero attached hydrogens (tertiary/aromatic N) is 4. The van der Waals surface area contributed by atoms with E-state index in [1.54, 1.807) is 20.4 Å². The summed E-state index contributed by atoms with van der Waals surface area (Å²) < 4.78 is 10.9. The fourth-order valence-corrected chi connectivity index (χ4v) is 3.95. The Morgan fingerprint density at radius 2 is 1.97 bits per heavy atom. The highest BCUT2D eigenvalue weighted by atomic mass is 127. The fraction of sp³-hybridized carbons (Fsp3) is 0.435. The zero-order valence-corrected chi connectivity index (χ0v) is 21.4. The molecular formula is C23H32IN7O2. The number of aromatic nitrogens is 3. The summed E-state index contributed by atoms with van der Waals surface area (Å²) in [5.74, 6) is 3.88. The zero-order valence-electron chi connectivity index (χ0n) is 19.1. The lowest BCUT2D eigenvalue weighted by Crippen LogP contribution is -2.44. The lowest BCUT2D eigenvalue weighted by atomic mass is 10.1. The van der Waals surface area contributed by atoms with Crippen LogP contribution in [0.15, 0.2) is 52.1 Å². The van der Waals surface area contributed by atoms with Crippen LogP contribution in [0.3, 0.4) is 0 Å². The average molecular weight is 565 g/mol. The number of halogens is 1. The Bertz CT molecular complexity index is 983. The first-order valence-corrected chi connectivity index (χ1v) is 11.0. The Morgan fingerprint density at radius 1 is 1.18 bits per heavy atom. The highest BCUT2D eigenvalue weighted by molar-refractivity contribution is 14.0. The Labute approximate surface area is 211 Å². The molecule has 0 radical (unpaired) electrons. The molecule has 1 aliphatic heterocycles. The molecule has 0 spiro atoms. The van der Waals surface area contributed by atoms with E-state index in [0.29, 0.717) is 24.9 Å². The summed E-state index contributed by atoms with van der Waals surface area (Å²) >= 11 is 0. The predicted octanol–water partition coefficient (Wildman–Crippen LogP) is 3.58. The van der Waals surface area contributed by atoms with Crippen molar-refractivity contribution in [3.05, 3.63) is 54.2 Å². The summed E-state index contributed by atoms with van der Waals surface area (Å²) in [6.45, 7) is 3.37. The van der Waals surface area contributed by atoms with Gasteiger partial charge < -0.3 is 19.8 Å². The molecule has 3 heterocycles. The lowest BCUT2D eigenvalue weighted by molar-refractivity contribution is 0.146. The van der Waals surface area contributed by atoms with E-state index >= 15 is 0 Å². The molecule has 1 fully saturated rings. The number of aliphatic imine (C=N–C) groups is 1. The number of furan rings is 1. The van der Waals surface area contributed by atoms with Crippen molar-refractivity contribution in [3.63, 3.8) is 0 Å². The molecule has 0 amide bonds. The monoisotopic (exact) mass is 565 g/mol. The van der Waals surface area contributed by atoms with E-state index in [0.717, 1.165) is 36.0 Å². The molecule has 9 nitrogen and oxygen atoms in total. The van der Waals surface area contributed by atoms with Crippen LogP contribution in [-0.4, -0.2) is 59.8 Å². The Morgan fingerprint density at radius 3 is 2.64 bits per heavy atom. The number of H-pyrrole nitrogens is 1. The van der Waals surface area contributed by atoms with Crippen LogP contribution in [0.25, 0.3) is 11.4 Å². The van der Waals surface area contributed by atoms with Gasteiger partial charge >= 0.3 is 0 Å². The number of hydrogen-bond donors (Lipinski definition) is 3. The molecule has 1 unspecified atom stereocenters. The van der Waals surface area contributed by atoms with E-state index in [1.807, 2.05) is 36.4 Å². The predicted molar refractivity (Wildman–Crippen MR) is 139 cm³/mol. The van der Waals surface area contributed by atoms with Crippen molar-refractivity contribution in [2.75, 3.05) is 33.8 Å². The van der Waals surface area contributed by atoms with Crippen LogP contribution in [0.4, 0.5) is 0 Å². The van der Waals surface area contributed by atoms with Gasteiger partial charge in [-0.3, -0.25) is 15.0 Å². The quantitative estimate of drug-likeness (QED) is 0.218. The standard InChI is InChI=1S/C23H31N7O2.HI/c1-24-23(25-15-19(20-7-6-14-32-20)30-12-4-3-5-13-30)26-16-21-27-22(29-28-21)17-8-10-18(31-2)11-9-17;/h6-11,14,19H,3-5,12-13,15-16H2,1-2H3,(H2,24,25,26)(H,27,28,29);1H. The van der Waals surface area contributed by atoms with E-state index in [2.05, 4.69) is 35.7 Å². The molecule has 1 atom stereocenters. The van der Waals surface area contributed by atoms with Crippen LogP contribution >= 0.6 is 24.0 Å². The number of aromatic amines is 1. The number of likely N-dealkylation sites (tertiary alicyclic amines) is 1. The summed E-state index contributed by atoms with van der Waals surface area (Å²) in [4.78, 5) is 11.4. The second kappa shape index (κ2) is 12.6. The average Bonchev–Trinajstić information content (AvgIpc) is 3.55. The first-order valence-electron chi connectivity index (χ1n) is 11.0. The number of guanidine groups is 1. The molecule has 0 aliphatic carbocycles. The Kier molecular flexibility index (Phi) is 9.55. The van der Waals surface area contributed by atoms with Gasteiger partial charge in [0.2, 0.25) is 0 Å². The van der Waals surface area contributed by atoms with Crippen molar-refractivity contribution in [1.82, 2.24) is 30.7 Å². The summed E-state index contributed by atoms with van der Waals surface area (Å²) in [6, 6.07) is 11.8. The molecule has 1 saturated heterocycles. The van der Waals surface area contributed by atoms with Gasteiger partial charge in [-0.05, 0) is 62.3 Å². The molecule has 1 aromatic carbocycles. The van der Waals surface area contributed by atoms with E-state index in [1.165, 1.54) is 19.3 Å². The van der Waals surface area contributed by atoms with Gasteiger partial charge in [0.25, 0.3) is 0 Å². The summed E-state index contributed by atoms with van der Waals surface area (Å²) in [7, 11) is 3.41. The van der Waals surface area contributed by atoms with Crippen LogP contribution < -0.4 is 15.4 Å². The minimum Gasteiger partial charge on any atom is -0.497 e. The smallest absolute Gasteiger partial charge is 0.191 e. The van der Waals surface area contributed by atoms with E-state index in [-0.39, 0.29) is 30.0 Å². The molecule has 0 bridgehead atoms. The largest absolute Gasteiger partial charge is 0.497 e.